The average Bonchev–Trinajstić information content (AvgIpc) is 2.37. The first-order valence-corrected chi connectivity index (χ1v) is 6.12. The molecule has 1 aromatic heterocycles. The van der Waals surface area contributed by atoms with Gasteiger partial charge in [0.25, 0.3) is 0 Å². The molecule has 0 saturated heterocycles. The minimum Gasteiger partial charge on any atom is -0.394 e. The third kappa shape index (κ3) is 3.28. The standard InChI is InChI=1S/C13H13BrN2O/c14-11-4-1-5-12(7-11)16-13(9-17)10-3-2-6-15-8-10/h1-8,13,16-17H,9H2. The number of benzene rings is 1. The summed E-state index contributed by atoms with van der Waals surface area (Å²) >= 11 is 3.42. The number of aliphatic hydroxyl groups is 1. The number of hydrogen-bond donors (Lipinski definition) is 2. The predicted molar refractivity (Wildman–Crippen MR) is 71.8 cm³/mol. The summed E-state index contributed by atoms with van der Waals surface area (Å²) < 4.78 is 1.00. The molecule has 2 rings (SSSR count). The van der Waals surface area contributed by atoms with Crippen molar-refractivity contribution in [3.63, 3.8) is 0 Å². The van der Waals surface area contributed by atoms with Crippen LogP contribution in [0.4, 0.5) is 5.69 Å². The van der Waals surface area contributed by atoms with Crippen molar-refractivity contribution in [2.24, 2.45) is 0 Å². The van der Waals surface area contributed by atoms with Crippen molar-refractivity contribution < 1.29 is 5.11 Å². The fraction of sp³-hybridized carbons (Fsp3) is 0.154. The Balaban J connectivity index is 2.16. The Morgan fingerprint density at radius 1 is 1.29 bits per heavy atom. The van der Waals surface area contributed by atoms with Crippen molar-refractivity contribution >= 4 is 21.6 Å². The zero-order valence-corrected chi connectivity index (χ0v) is 10.8. The van der Waals surface area contributed by atoms with Crippen molar-refractivity contribution in [2.45, 2.75) is 6.04 Å². The zero-order valence-electron chi connectivity index (χ0n) is 9.18. The molecule has 0 aliphatic carbocycles. The van der Waals surface area contributed by atoms with E-state index in [0.717, 1.165) is 15.7 Å². The van der Waals surface area contributed by atoms with Gasteiger partial charge in [-0.1, -0.05) is 28.1 Å². The first-order valence-electron chi connectivity index (χ1n) is 5.32. The van der Waals surface area contributed by atoms with Gasteiger partial charge in [0.15, 0.2) is 0 Å². The second-order valence-corrected chi connectivity index (χ2v) is 4.59. The molecule has 3 nitrogen and oxygen atoms in total. The fourth-order valence-electron chi connectivity index (χ4n) is 1.60. The van der Waals surface area contributed by atoms with Gasteiger partial charge in [-0.05, 0) is 29.8 Å². The van der Waals surface area contributed by atoms with Crippen LogP contribution in [0.25, 0.3) is 0 Å². The summed E-state index contributed by atoms with van der Waals surface area (Å²) in [6.07, 6.45) is 3.48. The van der Waals surface area contributed by atoms with Gasteiger partial charge in [0, 0.05) is 22.6 Å². The van der Waals surface area contributed by atoms with E-state index in [1.54, 1.807) is 12.4 Å². The Hall–Kier alpha value is -1.39. The largest absolute Gasteiger partial charge is 0.394 e. The second-order valence-electron chi connectivity index (χ2n) is 3.68. The van der Waals surface area contributed by atoms with Gasteiger partial charge in [0.1, 0.15) is 0 Å². The van der Waals surface area contributed by atoms with Gasteiger partial charge in [0.05, 0.1) is 12.6 Å². The third-order valence-electron chi connectivity index (χ3n) is 2.43. The van der Waals surface area contributed by atoms with Crippen LogP contribution in [0.1, 0.15) is 11.6 Å². The van der Waals surface area contributed by atoms with Crippen LogP contribution in [0.15, 0.2) is 53.3 Å². The Morgan fingerprint density at radius 2 is 2.18 bits per heavy atom. The molecule has 2 aromatic rings. The molecule has 0 fully saturated rings. The number of rotatable bonds is 4. The number of nitrogens with one attached hydrogen (secondary N) is 1. The van der Waals surface area contributed by atoms with E-state index in [1.807, 2.05) is 36.4 Å². The molecule has 0 saturated carbocycles. The molecule has 17 heavy (non-hydrogen) atoms. The van der Waals surface area contributed by atoms with Crippen LogP contribution < -0.4 is 5.32 Å². The van der Waals surface area contributed by atoms with E-state index in [4.69, 9.17) is 0 Å². The summed E-state index contributed by atoms with van der Waals surface area (Å²) in [5, 5.41) is 12.7. The third-order valence-corrected chi connectivity index (χ3v) is 2.93. The molecule has 0 radical (unpaired) electrons. The van der Waals surface area contributed by atoms with Crippen LogP contribution in [0.2, 0.25) is 0 Å². The van der Waals surface area contributed by atoms with Crippen LogP contribution in [0.5, 0.6) is 0 Å². The number of pyridine rings is 1. The number of nitrogens with zero attached hydrogens (tertiary/aromatic N) is 1. The number of aromatic nitrogens is 1. The van der Waals surface area contributed by atoms with Gasteiger partial charge in [-0.3, -0.25) is 4.98 Å². The summed E-state index contributed by atoms with van der Waals surface area (Å²) in [5.74, 6) is 0. The topological polar surface area (TPSA) is 45.1 Å². The zero-order chi connectivity index (χ0) is 12.1. The summed E-state index contributed by atoms with van der Waals surface area (Å²) in [7, 11) is 0. The van der Waals surface area contributed by atoms with Crippen LogP contribution in [0.3, 0.4) is 0 Å². The lowest BCUT2D eigenvalue weighted by molar-refractivity contribution is 0.276. The van der Waals surface area contributed by atoms with Crippen LogP contribution in [0, 0.1) is 0 Å². The molecular formula is C13H13BrN2O. The van der Waals surface area contributed by atoms with E-state index in [0.29, 0.717) is 0 Å². The Labute approximate surface area is 109 Å². The molecule has 2 N–H and O–H groups in total. The molecule has 4 heteroatoms. The highest BCUT2D eigenvalue weighted by atomic mass is 79.9. The lowest BCUT2D eigenvalue weighted by Gasteiger charge is -2.17. The van der Waals surface area contributed by atoms with E-state index < -0.39 is 0 Å². The van der Waals surface area contributed by atoms with Gasteiger partial charge < -0.3 is 10.4 Å². The molecule has 0 aliphatic heterocycles. The Bertz CT molecular complexity index is 476. The summed E-state index contributed by atoms with van der Waals surface area (Å²) in [6, 6.07) is 11.5. The van der Waals surface area contributed by atoms with Gasteiger partial charge >= 0.3 is 0 Å². The van der Waals surface area contributed by atoms with Crippen LogP contribution in [-0.2, 0) is 0 Å². The van der Waals surface area contributed by atoms with Crippen LogP contribution in [-0.4, -0.2) is 16.7 Å². The molecular weight excluding hydrogens is 280 g/mol. The normalized spacial score (nSPS) is 12.1. The lowest BCUT2D eigenvalue weighted by Crippen LogP contribution is -2.14. The highest BCUT2D eigenvalue weighted by Crippen LogP contribution is 2.21. The highest BCUT2D eigenvalue weighted by Gasteiger charge is 2.09. The predicted octanol–water partition coefficient (Wildman–Crippen LogP) is 2.99. The lowest BCUT2D eigenvalue weighted by atomic mass is 10.1. The molecule has 0 aliphatic rings. The maximum Gasteiger partial charge on any atom is 0.0759 e. The average molecular weight is 293 g/mol. The first-order chi connectivity index (χ1) is 8.29. The van der Waals surface area contributed by atoms with Gasteiger partial charge in [-0.15, -0.1) is 0 Å². The maximum absolute atomic E-state index is 9.41. The van der Waals surface area contributed by atoms with E-state index in [2.05, 4.69) is 26.2 Å². The number of halogens is 1. The maximum atomic E-state index is 9.41. The molecule has 0 spiro atoms. The second kappa shape index (κ2) is 5.80. The molecule has 1 atom stereocenters. The minimum absolute atomic E-state index is 0.0260. The van der Waals surface area contributed by atoms with E-state index in [1.165, 1.54) is 0 Å². The van der Waals surface area contributed by atoms with Crippen LogP contribution >= 0.6 is 15.9 Å². The highest BCUT2D eigenvalue weighted by molar-refractivity contribution is 9.10. The number of hydrogen-bond acceptors (Lipinski definition) is 3. The Kier molecular flexibility index (Phi) is 4.12. The molecule has 1 aromatic carbocycles. The van der Waals surface area contributed by atoms with Crippen molar-refractivity contribution in [3.8, 4) is 0 Å². The van der Waals surface area contributed by atoms with E-state index >= 15 is 0 Å². The Morgan fingerprint density at radius 3 is 2.82 bits per heavy atom. The van der Waals surface area contributed by atoms with Crippen molar-refractivity contribution in [1.29, 1.82) is 0 Å². The fourth-order valence-corrected chi connectivity index (χ4v) is 2.00. The van der Waals surface area contributed by atoms with Gasteiger partial charge in [0.2, 0.25) is 0 Å². The molecule has 1 heterocycles. The first kappa shape index (κ1) is 12.1. The summed E-state index contributed by atoms with van der Waals surface area (Å²) in [6.45, 7) is 0.0260. The molecule has 1 unspecified atom stereocenters. The SMILES string of the molecule is OCC(Nc1cccc(Br)c1)c1cccnc1. The summed E-state index contributed by atoms with van der Waals surface area (Å²) in [4.78, 5) is 4.05. The smallest absolute Gasteiger partial charge is 0.0759 e. The molecule has 0 amide bonds. The van der Waals surface area contributed by atoms with E-state index in [-0.39, 0.29) is 12.6 Å². The molecule has 88 valence electrons. The monoisotopic (exact) mass is 292 g/mol. The molecule has 0 bridgehead atoms. The van der Waals surface area contributed by atoms with E-state index in [9.17, 15) is 5.11 Å². The quantitative estimate of drug-likeness (QED) is 0.911. The van der Waals surface area contributed by atoms with Crippen molar-refractivity contribution in [2.75, 3.05) is 11.9 Å². The summed E-state index contributed by atoms with van der Waals surface area (Å²) in [5.41, 5.74) is 1.93. The van der Waals surface area contributed by atoms with Crippen molar-refractivity contribution in [1.82, 2.24) is 4.98 Å². The number of aliphatic hydroxyl groups excluding tert-OH is 1. The van der Waals surface area contributed by atoms with Gasteiger partial charge in [-0.25, -0.2) is 0 Å². The number of anilines is 1. The minimum atomic E-state index is -0.141. The van der Waals surface area contributed by atoms with Crippen molar-refractivity contribution in [3.05, 3.63) is 58.8 Å². The van der Waals surface area contributed by atoms with Gasteiger partial charge in [-0.2, -0.15) is 0 Å².